The van der Waals surface area contributed by atoms with Gasteiger partial charge in [-0.2, -0.15) is 5.10 Å². The van der Waals surface area contributed by atoms with E-state index in [-0.39, 0.29) is 18.3 Å². The maximum Gasteiger partial charge on any atom is 0.274 e. The Balaban J connectivity index is 0.00000261. The van der Waals surface area contributed by atoms with Gasteiger partial charge in [0.15, 0.2) is 5.69 Å². The van der Waals surface area contributed by atoms with E-state index in [1.807, 2.05) is 25.1 Å². The third-order valence-electron chi connectivity index (χ3n) is 4.85. The van der Waals surface area contributed by atoms with Gasteiger partial charge in [-0.05, 0) is 32.5 Å². The lowest BCUT2D eigenvalue weighted by Crippen LogP contribution is -2.38. The molecule has 1 aliphatic rings. The standard InChI is InChI=1S/C20H29N5O.ClH/c1-24(2)13-14-25(12-6-9-16-7-4-3-5-8-16)20(26)19-17-15-21-11-10-18(17)22-23-19;/h3-5,7-8,21H,6,9-15H2,1-2H3,(H,22,23);1H. The molecule has 7 heteroatoms. The molecule has 1 aromatic carbocycles. The summed E-state index contributed by atoms with van der Waals surface area (Å²) in [5.41, 5.74) is 4.04. The fourth-order valence-corrected chi connectivity index (χ4v) is 3.31. The zero-order valence-electron chi connectivity index (χ0n) is 16.2. The van der Waals surface area contributed by atoms with Crippen LogP contribution in [0.15, 0.2) is 30.3 Å². The number of amides is 1. The summed E-state index contributed by atoms with van der Waals surface area (Å²) in [4.78, 5) is 17.2. The highest BCUT2D eigenvalue weighted by Gasteiger charge is 2.25. The smallest absolute Gasteiger partial charge is 0.274 e. The molecule has 0 atom stereocenters. The number of nitrogens with one attached hydrogen (secondary N) is 2. The fourth-order valence-electron chi connectivity index (χ4n) is 3.31. The van der Waals surface area contributed by atoms with Crippen LogP contribution in [-0.4, -0.2) is 66.2 Å². The summed E-state index contributed by atoms with van der Waals surface area (Å²) in [6, 6.07) is 10.4. The molecule has 148 valence electrons. The van der Waals surface area contributed by atoms with Crippen molar-refractivity contribution in [1.82, 2.24) is 25.3 Å². The van der Waals surface area contributed by atoms with E-state index in [1.165, 1.54) is 5.56 Å². The lowest BCUT2D eigenvalue weighted by atomic mass is 10.1. The second-order valence-electron chi connectivity index (χ2n) is 7.14. The highest BCUT2D eigenvalue weighted by Crippen LogP contribution is 2.17. The van der Waals surface area contributed by atoms with Gasteiger partial charge in [-0.1, -0.05) is 30.3 Å². The molecule has 0 unspecified atom stereocenters. The lowest BCUT2D eigenvalue weighted by Gasteiger charge is -2.24. The van der Waals surface area contributed by atoms with Crippen LogP contribution in [0, 0.1) is 0 Å². The number of halogens is 1. The SMILES string of the molecule is CN(C)CCN(CCCc1ccccc1)C(=O)c1n[nH]c2c1CNCC2.Cl. The quantitative estimate of drug-likeness (QED) is 0.723. The summed E-state index contributed by atoms with van der Waals surface area (Å²) in [5.74, 6) is 0.0427. The van der Waals surface area contributed by atoms with Crippen LogP contribution in [0.2, 0.25) is 0 Å². The highest BCUT2D eigenvalue weighted by atomic mass is 35.5. The molecule has 0 spiro atoms. The lowest BCUT2D eigenvalue weighted by molar-refractivity contribution is 0.0735. The summed E-state index contributed by atoms with van der Waals surface area (Å²) in [6.07, 6.45) is 2.84. The highest BCUT2D eigenvalue weighted by molar-refractivity contribution is 5.94. The molecule has 0 saturated carbocycles. The van der Waals surface area contributed by atoms with Gasteiger partial charge in [0.25, 0.3) is 5.91 Å². The predicted molar refractivity (Wildman–Crippen MR) is 110 cm³/mol. The Labute approximate surface area is 167 Å². The molecule has 3 rings (SSSR count). The molecular weight excluding hydrogens is 362 g/mol. The van der Waals surface area contributed by atoms with Gasteiger partial charge in [0.1, 0.15) is 0 Å². The number of likely N-dealkylation sites (N-methyl/N-ethyl adjacent to an activating group) is 1. The van der Waals surface area contributed by atoms with E-state index in [1.54, 1.807) is 0 Å². The van der Waals surface area contributed by atoms with Gasteiger partial charge < -0.3 is 15.1 Å². The molecule has 0 bridgehead atoms. The van der Waals surface area contributed by atoms with Crippen LogP contribution < -0.4 is 5.32 Å². The summed E-state index contributed by atoms with van der Waals surface area (Å²) in [7, 11) is 4.07. The molecule has 1 aromatic heterocycles. The molecule has 6 nitrogen and oxygen atoms in total. The third-order valence-corrected chi connectivity index (χ3v) is 4.85. The van der Waals surface area contributed by atoms with E-state index >= 15 is 0 Å². The molecule has 1 amide bonds. The number of rotatable bonds is 8. The monoisotopic (exact) mass is 391 g/mol. The number of hydrogen-bond acceptors (Lipinski definition) is 4. The van der Waals surface area contributed by atoms with E-state index < -0.39 is 0 Å². The Morgan fingerprint density at radius 3 is 2.67 bits per heavy atom. The van der Waals surface area contributed by atoms with Gasteiger partial charge >= 0.3 is 0 Å². The van der Waals surface area contributed by atoms with E-state index in [4.69, 9.17) is 0 Å². The van der Waals surface area contributed by atoms with Crippen LogP contribution in [0.5, 0.6) is 0 Å². The largest absolute Gasteiger partial charge is 0.336 e. The molecule has 2 heterocycles. The fraction of sp³-hybridized carbons (Fsp3) is 0.500. The van der Waals surface area contributed by atoms with Gasteiger partial charge in [-0.15, -0.1) is 12.4 Å². The Hall–Kier alpha value is -1.89. The van der Waals surface area contributed by atoms with Crippen molar-refractivity contribution in [1.29, 1.82) is 0 Å². The molecular formula is C20H30ClN5O. The van der Waals surface area contributed by atoms with Crippen molar-refractivity contribution in [2.45, 2.75) is 25.8 Å². The number of aryl methyl sites for hydroxylation is 1. The van der Waals surface area contributed by atoms with Crippen molar-refractivity contribution in [3.05, 3.63) is 52.8 Å². The van der Waals surface area contributed by atoms with Crippen LogP contribution in [0.3, 0.4) is 0 Å². The minimum Gasteiger partial charge on any atom is -0.336 e. The number of H-pyrrole nitrogens is 1. The van der Waals surface area contributed by atoms with Crippen molar-refractivity contribution in [2.24, 2.45) is 0 Å². The van der Waals surface area contributed by atoms with Crippen molar-refractivity contribution < 1.29 is 4.79 Å². The van der Waals surface area contributed by atoms with Crippen molar-refractivity contribution >= 4 is 18.3 Å². The number of nitrogens with zero attached hydrogens (tertiary/aromatic N) is 3. The molecule has 27 heavy (non-hydrogen) atoms. The first-order valence-corrected chi connectivity index (χ1v) is 9.40. The summed E-state index contributed by atoms with van der Waals surface area (Å²) >= 11 is 0. The number of carbonyl (C=O) groups is 1. The van der Waals surface area contributed by atoms with E-state index in [0.29, 0.717) is 5.69 Å². The number of aromatic amines is 1. The second-order valence-corrected chi connectivity index (χ2v) is 7.14. The number of fused-ring (bicyclic) bond motifs is 1. The number of hydrogen-bond donors (Lipinski definition) is 2. The summed E-state index contributed by atoms with van der Waals surface area (Å²) in [6.45, 7) is 3.97. The minimum absolute atomic E-state index is 0. The molecule has 0 radical (unpaired) electrons. The number of carbonyl (C=O) groups excluding carboxylic acids is 1. The topological polar surface area (TPSA) is 64.3 Å². The molecule has 1 aliphatic heterocycles. The average Bonchev–Trinajstić information content (AvgIpc) is 3.09. The van der Waals surface area contributed by atoms with E-state index in [2.05, 4.69) is 44.7 Å². The zero-order chi connectivity index (χ0) is 18.4. The molecule has 2 N–H and O–H groups in total. The van der Waals surface area contributed by atoms with Crippen molar-refractivity contribution in [2.75, 3.05) is 40.3 Å². The Kier molecular flexibility index (Phi) is 8.28. The maximum absolute atomic E-state index is 13.1. The first-order valence-electron chi connectivity index (χ1n) is 9.40. The van der Waals surface area contributed by atoms with E-state index in [9.17, 15) is 4.79 Å². The Bertz CT molecular complexity index is 716. The van der Waals surface area contributed by atoms with Crippen LogP contribution in [0.25, 0.3) is 0 Å². The van der Waals surface area contributed by atoms with Gasteiger partial charge in [-0.3, -0.25) is 9.89 Å². The van der Waals surface area contributed by atoms with Gasteiger partial charge in [0.05, 0.1) is 0 Å². The first kappa shape index (κ1) is 21.4. The van der Waals surface area contributed by atoms with Crippen LogP contribution >= 0.6 is 12.4 Å². The number of aromatic nitrogens is 2. The minimum atomic E-state index is 0. The third kappa shape index (κ3) is 5.79. The first-order chi connectivity index (χ1) is 12.6. The van der Waals surface area contributed by atoms with Gasteiger partial charge in [-0.25, -0.2) is 0 Å². The van der Waals surface area contributed by atoms with Gasteiger partial charge in [0, 0.05) is 50.4 Å². The van der Waals surface area contributed by atoms with Crippen molar-refractivity contribution in [3.63, 3.8) is 0 Å². The normalized spacial score (nSPS) is 13.1. The van der Waals surface area contributed by atoms with Crippen LogP contribution in [0.4, 0.5) is 0 Å². The molecule has 0 aliphatic carbocycles. The molecule has 0 saturated heterocycles. The van der Waals surface area contributed by atoms with Crippen LogP contribution in [0.1, 0.15) is 33.7 Å². The predicted octanol–water partition coefficient (Wildman–Crippen LogP) is 2.11. The Morgan fingerprint density at radius 1 is 1.15 bits per heavy atom. The summed E-state index contributed by atoms with van der Waals surface area (Å²) in [5, 5.41) is 10.7. The second kappa shape index (κ2) is 10.4. The maximum atomic E-state index is 13.1. The van der Waals surface area contributed by atoms with Crippen molar-refractivity contribution in [3.8, 4) is 0 Å². The Morgan fingerprint density at radius 2 is 1.93 bits per heavy atom. The zero-order valence-corrected chi connectivity index (χ0v) is 17.0. The van der Waals surface area contributed by atoms with Gasteiger partial charge in [0.2, 0.25) is 0 Å². The van der Waals surface area contributed by atoms with Crippen LogP contribution in [-0.2, 0) is 19.4 Å². The average molecular weight is 392 g/mol. The van der Waals surface area contributed by atoms with E-state index in [0.717, 1.165) is 63.2 Å². The summed E-state index contributed by atoms with van der Waals surface area (Å²) < 4.78 is 0. The number of benzene rings is 1. The molecule has 0 fully saturated rings. The molecule has 2 aromatic rings.